The predicted molar refractivity (Wildman–Crippen MR) is 73.3 cm³/mol. The number of aliphatic carboxylic acids is 1. The van der Waals surface area contributed by atoms with Crippen molar-refractivity contribution in [1.82, 2.24) is 9.88 Å². The van der Waals surface area contributed by atoms with Crippen LogP contribution in [0, 0.1) is 17.8 Å². The highest BCUT2D eigenvalue weighted by atomic mass is 16.6. The molecular weight excluding hydrogens is 272 g/mol. The Balaban J connectivity index is 1.49. The van der Waals surface area contributed by atoms with E-state index < -0.39 is 5.97 Å². The number of fused-ring (bicyclic) bond motifs is 1. The molecule has 1 saturated carbocycles. The standard InChI is InChI=1S/C15H18N2O4/c18-14(19)11-4-12-7-17(8-13(12)5-11)15(20)21-9-10-2-1-3-16-6-10/h1-3,6,11-13H,4-5,7-9H2,(H,18,19)/t11?,12-,13+. The van der Waals surface area contributed by atoms with Crippen molar-refractivity contribution in [1.29, 1.82) is 0 Å². The van der Waals surface area contributed by atoms with Crippen LogP contribution in [0.25, 0.3) is 0 Å². The Hall–Kier alpha value is -2.11. The average Bonchev–Trinajstić information content (AvgIpc) is 3.04. The van der Waals surface area contributed by atoms with Crippen molar-refractivity contribution in [3.8, 4) is 0 Å². The van der Waals surface area contributed by atoms with Gasteiger partial charge in [0.05, 0.1) is 5.92 Å². The van der Waals surface area contributed by atoms with E-state index in [0.29, 0.717) is 37.8 Å². The first-order chi connectivity index (χ1) is 10.1. The van der Waals surface area contributed by atoms with Gasteiger partial charge in [0.2, 0.25) is 0 Å². The number of aromatic nitrogens is 1. The van der Waals surface area contributed by atoms with Gasteiger partial charge in [0.15, 0.2) is 0 Å². The summed E-state index contributed by atoms with van der Waals surface area (Å²) in [5, 5.41) is 9.04. The van der Waals surface area contributed by atoms with E-state index in [9.17, 15) is 9.59 Å². The third-order valence-electron chi connectivity index (χ3n) is 4.44. The van der Waals surface area contributed by atoms with Gasteiger partial charge in [0, 0.05) is 31.0 Å². The highest BCUT2D eigenvalue weighted by Crippen LogP contribution is 2.41. The maximum absolute atomic E-state index is 12.0. The number of ether oxygens (including phenoxy) is 1. The van der Waals surface area contributed by atoms with Crippen LogP contribution in [0.5, 0.6) is 0 Å². The number of pyridine rings is 1. The molecule has 2 fully saturated rings. The second-order valence-electron chi connectivity index (χ2n) is 5.85. The Kier molecular flexibility index (Phi) is 3.77. The van der Waals surface area contributed by atoms with Crippen LogP contribution in [0.15, 0.2) is 24.5 Å². The summed E-state index contributed by atoms with van der Waals surface area (Å²) in [6.45, 7) is 1.44. The first kappa shape index (κ1) is 13.9. The normalized spacial score (nSPS) is 27.4. The summed E-state index contributed by atoms with van der Waals surface area (Å²) < 4.78 is 5.28. The number of rotatable bonds is 3. The number of nitrogens with zero attached hydrogens (tertiary/aromatic N) is 2. The number of amides is 1. The Morgan fingerprint density at radius 1 is 1.33 bits per heavy atom. The van der Waals surface area contributed by atoms with Crippen molar-refractivity contribution in [3.63, 3.8) is 0 Å². The van der Waals surface area contributed by atoms with Crippen molar-refractivity contribution >= 4 is 12.1 Å². The molecule has 1 aliphatic heterocycles. The molecule has 1 aliphatic carbocycles. The van der Waals surface area contributed by atoms with Crippen molar-refractivity contribution in [2.75, 3.05) is 13.1 Å². The van der Waals surface area contributed by atoms with Gasteiger partial charge in [-0.05, 0) is 30.7 Å². The summed E-state index contributed by atoms with van der Waals surface area (Å²) in [5.74, 6) is -0.349. The summed E-state index contributed by atoms with van der Waals surface area (Å²) in [7, 11) is 0. The van der Waals surface area contributed by atoms with E-state index in [2.05, 4.69) is 4.98 Å². The third-order valence-corrected chi connectivity index (χ3v) is 4.44. The van der Waals surface area contributed by atoms with Crippen LogP contribution >= 0.6 is 0 Å². The first-order valence-corrected chi connectivity index (χ1v) is 7.17. The van der Waals surface area contributed by atoms with Gasteiger partial charge in [-0.1, -0.05) is 6.07 Å². The fourth-order valence-electron chi connectivity index (χ4n) is 3.37. The molecule has 21 heavy (non-hydrogen) atoms. The van der Waals surface area contributed by atoms with E-state index in [1.165, 1.54) is 0 Å². The van der Waals surface area contributed by atoms with E-state index in [-0.39, 0.29) is 18.6 Å². The van der Waals surface area contributed by atoms with Gasteiger partial charge in [-0.15, -0.1) is 0 Å². The van der Waals surface area contributed by atoms with Crippen LogP contribution < -0.4 is 0 Å². The second kappa shape index (κ2) is 5.71. The largest absolute Gasteiger partial charge is 0.481 e. The summed E-state index contributed by atoms with van der Waals surface area (Å²) in [6, 6.07) is 3.66. The number of hydrogen-bond acceptors (Lipinski definition) is 4. The lowest BCUT2D eigenvalue weighted by Crippen LogP contribution is -2.30. The zero-order valence-corrected chi connectivity index (χ0v) is 11.6. The number of carboxylic acids is 1. The highest BCUT2D eigenvalue weighted by molar-refractivity contribution is 5.71. The quantitative estimate of drug-likeness (QED) is 0.917. The molecule has 1 saturated heterocycles. The molecule has 0 spiro atoms. The van der Waals surface area contributed by atoms with Crippen LogP contribution in [0.1, 0.15) is 18.4 Å². The van der Waals surface area contributed by atoms with Crippen LogP contribution in [0.4, 0.5) is 4.79 Å². The van der Waals surface area contributed by atoms with E-state index in [4.69, 9.17) is 9.84 Å². The second-order valence-corrected chi connectivity index (χ2v) is 5.85. The topological polar surface area (TPSA) is 79.7 Å². The van der Waals surface area contributed by atoms with E-state index in [1.54, 1.807) is 23.4 Å². The maximum Gasteiger partial charge on any atom is 0.410 e. The molecule has 0 bridgehead atoms. The minimum Gasteiger partial charge on any atom is -0.481 e. The molecule has 3 rings (SSSR count). The maximum atomic E-state index is 12.0. The van der Waals surface area contributed by atoms with Gasteiger partial charge in [-0.3, -0.25) is 9.78 Å². The summed E-state index contributed by atoms with van der Waals surface area (Å²) >= 11 is 0. The summed E-state index contributed by atoms with van der Waals surface area (Å²) in [5.41, 5.74) is 0.858. The van der Waals surface area contributed by atoms with Crippen molar-refractivity contribution < 1.29 is 19.4 Å². The molecule has 6 heteroatoms. The van der Waals surface area contributed by atoms with E-state index >= 15 is 0 Å². The Labute approximate surface area is 122 Å². The SMILES string of the molecule is O=C(O)C1C[C@@H]2CN(C(=O)OCc3cccnc3)C[C@@H]2C1. The molecule has 1 unspecified atom stereocenters. The zero-order valence-electron chi connectivity index (χ0n) is 11.6. The van der Waals surface area contributed by atoms with Gasteiger partial charge in [0.1, 0.15) is 6.61 Å². The lowest BCUT2D eigenvalue weighted by Gasteiger charge is -2.18. The van der Waals surface area contributed by atoms with Crippen molar-refractivity contribution in [2.45, 2.75) is 19.4 Å². The van der Waals surface area contributed by atoms with Gasteiger partial charge in [-0.2, -0.15) is 0 Å². The Morgan fingerprint density at radius 3 is 2.62 bits per heavy atom. The molecular formula is C15H18N2O4. The summed E-state index contributed by atoms with van der Waals surface area (Å²) in [6.07, 6.45) is 4.37. The Bertz CT molecular complexity index is 520. The zero-order chi connectivity index (χ0) is 14.8. The number of likely N-dealkylation sites (tertiary alicyclic amines) is 1. The number of carbonyl (C=O) groups is 2. The van der Waals surface area contributed by atoms with E-state index in [0.717, 1.165) is 5.56 Å². The van der Waals surface area contributed by atoms with Gasteiger partial charge in [-0.25, -0.2) is 4.79 Å². The number of hydrogen-bond donors (Lipinski definition) is 1. The molecule has 2 aliphatic rings. The first-order valence-electron chi connectivity index (χ1n) is 7.17. The predicted octanol–water partition coefficient (Wildman–Crippen LogP) is 1.76. The highest BCUT2D eigenvalue weighted by Gasteiger charge is 2.44. The minimum absolute atomic E-state index is 0.219. The molecule has 1 N–H and O–H groups in total. The minimum atomic E-state index is -0.713. The molecule has 0 aromatic carbocycles. The molecule has 6 nitrogen and oxygen atoms in total. The fraction of sp³-hybridized carbons (Fsp3) is 0.533. The average molecular weight is 290 g/mol. The molecule has 2 heterocycles. The summed E-state index contributed by atoms with van der Waals surface area (Å²) in [4.78, 5) is 28.7. The molecule has 1 aromatic heterocycles. The molecule has 0 radical (unpaired) electrons. The molecule has 1 aromatic rings. The van der Waals surface area contributed by atoms with Crippen molar-refractivity contribution in [2.24, 2.45) is 17.8 Å². The van der Waals surface area contributed by atoms with Gasteiger partial charge < -0.3 is 14.7 Å². The lowest BCUT2D eigenvalue weighted by molar-refractivity contribution is -0.141. The van der Waals surface area contributed by atoms with Crippen LogP contribution in [-0.2, 0) is 16.1 Å². The fourth-order valence-corrected chi connectivity index (χ4v) is 3.37. The van der Waals surface area contributed by atoms with Crippen LogP contribution in [0.2, 0.25) is 0 Å². The molecule has 1 amide bonds. The van der Waals surface area contributed by atoms with Crippen LogP contribution in [0.3, 0.4) is 0 Å². The lowest BCUT2D eigenvalue weighted by atomic mass is 10.0. The van der Waals surface area contributed by atoms with Gasteiger partial charge >= 0.3 is 12.1 Å². The molecule has 112 valence electrons. The third kappa shape index (κ3) is 2.99. The van der Waals surface area contributed by atoms with Gasteiger partial charge in [0.25, 0.3) is 0 Å². The molecule has 3 atom stereocenters. The number of carbonyl (C=O) groups excluding carboxylic acids is 1. The van der Waals surface area contributed by atoms with Crippen molar-refractivity contribution in [3.05, 3.63) is 30.1 Å². The Morgan fingerprint density at radius 2 is 2.05 bits per heavy atom. The van der Waals surface area contributed by atoms with E-state index in [1.807, 2.05) is 6.07 Å². The number of carboxylic acid groups (broad SMARTS) is 1. The van der Waals surface area contributed by atoms with Crippen LogP contribution in [-0.4, -0.2) is 40.1 Å². The monoisotopic (exact) mass is 290 g/mol. The smallest absolute Gasteiger partial charge is 0.410 e.